The smallest absolute Gasteiger partial charge is 0.216 e. The highest BCUT2D eigenvalue weighted by atomic mass is 16.5. The van der Waals surface area contributed by atoms with Crippen molar-refractivity contribution in [3.05, 3.63) is 35.7 Å². The second-order valence-corrected chi connectivity index (χ2v) is 6.60. The number of hydrogen-bond acceptors (Lipinski definition) is 7. The van der Waals surface area contributed by atoms with Crippen LogP contribution in [0.25, 0.3) is 5.65 Å². The van der Waals surface area contributed by atoms with E-state index < -0.39 is 0 Å². The lowest BCUT2D eigenvalue weighted by Crippen LogP contribution is -2.26. The number of hydrogen-bond donors (Lipinski definition) is 0. The summed E-state index contributed by atoms with van der Waals surface area (Å²) < 4.78 is 15.0. The van der Waals surface area contributed by atoms with E-state index in [-0.39, 0.29) is 12.1 Å². The van der Waals surface area contributed by atoms with Gasteiger partial charge in [0.25, 0.3) is 0 Å². The zero-order chi connectivity index (χ0) is 18.3. The molecule has 4 heterocycles. The Morgan fingerprint density at radius 3 is 2.88 bits per heavy atom. The van der Waals surface area contributed by atoms with E-state index in [1.54, 1.807) is 31.3 Å². The van der Waals surface area contributed by atoms with Crippen LogP contribution in [0.2, 0.25) is 0 Å². The molecule has 0 saturated carbocycles. The quantitative estimate of drug-likeness (QED) is 0.677. The van der Waals surface area contributed by atoms with Gasteiger partial charge in [0, 0.05) is 39.6 Å². The number of rotatable bonds is 5. The molecule has 3 aromatic heterocycles. The van der Waals surface area contributed by atoms with Crippen LogP contribution in [0.15, 0.2) is 18.6 Å². The Morgan fingerprint density at radius 1 is 1.27 bits per heavy atom. The lowest BCUT2D eigenvalue weighted by molar-refractivity contribution is 0.107. The molecule has 138 valence electrons. The van der Waals surface area contributed by atoms with Crippen LogP contribution in [-0.4, -0.2) is 61.1 Å². The second-order valence-electron chi connectivity index (χ2n) is 6.60. The van der Waals surface area contributed by atoms with Crippen molar-refractivity contribution in [1.82, 2.24) is 34.3 Å². The van der Waals surface area contributed by atoms with Gasteiger partial charge in [-0.2, -0.15) is 5.10 Å². The first-order chi connectivity index (χ1) is 12.6. The molecular formula is C17H23N7O2. The Labute approximate surface area is 151 Å². The van der Waals surface area contributed by atoms with Crippen LogP contribution < -0.4 is 4.74 Å². The summed E-state index contributed by atoms with van der Waals surface area (Å²) in [6.45, 7) is 3.54. The van der Waals surface area contributed by atoms with Gasteiger partial charge in [-0.3, -0.25) is 14.3 Å². The molecule has 0 aromatic carbocycles. The average molecular weight is 357 g/mol. The van der Waals surface area contributed by atoms with Gasteiger partial charge in [-0.15, -0.1) is 10.2 Å². The molecule has 0 aliphatic carbocycles. The van der Waals surface area contributed by atoms with Crippen molar-refractivity contribution in [2.45, 2.75) is 32.0 Å². The summed E-state index contributed by atoms with van der Waals surface area (Å²) in [5.74, 6) is 1.69. The maximum atomic E-state index is 5.65. The number of ether oxygens (including phenoxy) is 2. The molecule has 0 amide bonds. The molecule has 1 fully saturated rings. The standard InChI is InChI=1S/C17H23N7O2/c1-11-13(17(26-4)22(2)21-11)10-23-9-12(25-3)7-14(23)16-20-19-15-8-18-5-6-24(15)16/h5-6,8,12,14H,7,9-10H2,1-4H3/t12-,14+/m1/s1. The Bertz CT molecular complexity index is 919. The molecule has 3 aromatic rings. The van der Waals surface area contributed by atoms with E-state index in [9.17, 15) is 0 Å². The number of methoxy groups -OCH3 is 2. The number of fused-ring (bicyclic) bond motifs is 1. The number of nitrogens with zero attached hydrogens (tertiary/aromatic N) is 7. The molecular weight excluding hydrogens is 334 g/mol. The van der Waals surface area contributed by atoms with Crippen molar-refractivity contribution >= 4 is 5.65 Å². The van der Waals surface area contributed by atoms with Crippen LogP contribution in [0.4, 0.5) is 0 Å². The van der Waals surface area contributed by atoms with Gasteiger partial charge in [-0.05, 0) is 13.3 Å². The predicted molar refractivity (Wildman–Crippen MR) is 93.8 cm³/mol. The first-order valence-corrected chi connectivity index (χ1v) is 8.60. The molecule has 1 aliphatic rings. The van der Waals surface area contributed by atoms with Crippen molar-refractivity contribution in [3.63, 3.8) is 0 Å². The van der Waals surface area contributed by atoms with Crippen molar-refractivity contribution in [3.8, 4) is 5.88 Å². The first kappa shape index (κ1) is 16.9. The van der Waals surface area contributed by atoms with Crippen molar-refractivity contribution in [2.24, 2.45) is 7.05 Å². The maximum Gasteiger partial charge on any atom is 0.216 e. The summed E-state index contributed by atoms with van der Waals surface area (Å²) in [7, 11) is 5.33. The first-order valence-electron chi connectivity index (χ1n) is 8.60. The maximum absolute atomic E-state index is 5.65. The minimum atomic E-state index is 0.0988. The topological polar surface area (TPSA) is 82.6 Å². The third-order valence-electron chi connectivity index (χ3n) is 5.08. The lowest BCUT2D eigenvalue weighted by atomic mass is 10.1. The van der Waals surface area contributed by atoms with Crippen LogP contribution in [-0.2, 0) is 18.3 Å². The third kappa shape index (κ3) is 2.73. The van der Waals surface area contributed by atoms with Crippen LogP contribution in [0.5, 0.6) is 5.88 Å². The molecule has 0 N–H and O–H groups in total. The highest BCUT2D eigenvalue weighted by Crippen LogP contribution is 2.35. The molecule has 0 spiro atoms. The number of aryl methyl sites for hydroxylation is 2. The van der Waals surface area contributed by atoms with E-state index in [0.717, 1.165) is 41.6 Å². The Hall–Kier alpha value is -2.52. The fourth-order valence-electron chi connectivity index (χ4n) is 3.80. The molecule has 1 saturated heterocycles. The van der Waals surface area contributed by atoms with Gasteiger partial charge in [0.2, 0.25) is 5.88 Å². The van der Waals surface area contributed by atoms with Crippen LogP contribution >= 0.6 is 0 Å². The van der Waals surface area contributed by atoms with Gasteiger partial charge in [-0.1, -0.05) is 0 Å². The molecule has 1 aliphatic heterocycles. The zero-order valence-electron chi connectivity index (χ0n) is 15.5. The SMILES string of the molecule is COc1c(CN2C[C@H](OC)C[C@H]2c2nnc3cnccn23)c(C)nn1C. The molecule has 2 atom stereocenters. The average Bonchev–Trinajstić information content (AvgIpc) is 3.31. The number of likely N-dealkylation sites (tertiary alicyclic amines) is 1. The molecule has 4 rings (SSSR count). The van der Waals surface area contributed by atoms with Crippen LogP contribution in [0, 0.1) is 6.92 Å². The summed E-state index contributed by atoms with van der Waals surface area (Å²) in [5.41, 5.74) is 2.81. The fourth-order valence-corrected chi connectivity index (χ4v) is 3.80. The highest BCUT2D eigenvalue weighted by molar-refractivity contribution is 5.35. The van der Waals surface area contributed by atoms with Gasteiger partial charge >= 0.3 is 0 Å². The van der Waals surface area contributed by atoms with E-state index in [0.29, 0.717) is 6.54 Å². The largest absolute Gasteiger partial charge is 0.481 e. The zero-order valence-corrected chi connectivity index (χ0v) is 15.5. The lowest BCUT2D eigenvalue weighted by Gasteiger charge is -2.23. The molecule has 26 heavy (non-hydrogen) atoms. The summed E-state index contributed by atoms with van der Waals surface area (Å²) in [5, 5.41) is 13.2. The summed E-state index contributed by atoms with van der Waals surface area (Å²) in [6, 6.07) is 0.0988. The Morgan fingerprint density at radius 2 is 2.12 bits per heavy atom. The van der Waals surface area contributed by atoms with E-state index in [1.165, 1.54) is 0 Å². The molecule has 9 nitrogen and oxygen atoms in total. The van der Waals surface area contributed by atoms with E-state index in [1.807, 2.05) is 24.6 Å². The van der Waals surface area contributed by atoms with Crippen molar-refractivity contribution < 1.29 is 9.47 Å². The van der Waals surface area contributed by atoms with Gasteiger partial charge in [0.15, 0.2) is 11.5 Å². The minimum Gasteiger partial charge on any atom is -0.481 e. The summed E-state index contributed by atoms with van der Waals surface area (Å²) >= 11 is 0. The number of aromatic nitrogens is 6. The molecule has 9 heteroatoms. The summed E-state index contributed by atoms with van der Waals surface area (Å²) in [4.78, 5) is 6.48. The molecule has 0 unspecified atom stereocenters. The minimum absolute atomic E-state index is 0.0988. The van der Waals surface area contributed by atoms with Gasteiger partial charge in [0.05, 0.1) is 36.7 Å². The third-order valence-corrected chi connectivity index (χ3v) is 5.08. The van der Waals surface area contributed by atoms with Gasteiger partial charge < -0.3 is 9.47 Å². The normalized spacial score (nSPS) is 20.9. The van der Waals surface area contributed by atoms with Crippen LogP contribution in [0.1, 0.15) is 29.5 Å². The van der Waals surface area contributed by atoms with Gasteiger partial charge in [-0.25, -0.2) is 4.68 Å². The van der Waals surface area contributed by atoms with E-state index in [4.69, 9.17) is 9.47 Å². The second kappa shape index (κ2) is 6.65. The van der Waals surface area contributed by atoms with Crippen molar-refractivity contribution in [1.29, 1.82) is 0 Å². The Balaban J connectivity index is 1.70. The van der Waals surface area contributed by atoms with Crippen molar-refractivity contribution in [2.75, 3.05) is 20.8 Å². The molecule has 0 radical (unpaired) electrons. The Kier molecular flexibility index (Phi) is 4.33. The molecule has 0 bridgehead atoms. The fraction of sp³-hybridized carbons (Fsp3) is 0.529. The van der Waals surface area contributed by atoms with Gasteiger partial charge in [0.1, 0.15) is 0 Å². The van der Waals surface area contributed by atoms with E-state index in [2.05, 4.69) is 25.2 Å². The summed E-state index contributed by atoms with van der Waals surface area (Å²) in [6.07, 6.45) is 6.39. The highest BCUT2D eigenvalue weighted by Gasteiger charge is 2.37. The predicted octanol–water partition coefficient (Wildman–Crippen LogP) is 1.14. The van der Waals surface area contributed by atoms with Crippen LogP contribution in [0.3, 0.4) is 0 Å². The monoisotopic (exact) mass is 357 g/mol. The van der Waals surface area contributed by atoms with E-state index >= 15 is 0 Å².